The van der Waals surface area contributed by atoms with Crippen LogP contribution in [0, 0.1) is 17.1 Å². The molecule has 33 heavy (non-hydrogen) atoms. The van der Waals surface area contributed by atoms with Gasteiger partial charge >= 0.3 is 5.97 Å². The van der Waals surface area contributed by atoms with Crippen molar-refractivity contribution in [3.63, 3.8) is 0 Å². The maximum Gasteiger partial charge on any atom is 0.335 e. The lowest BCUT2D eigenvalue weighted by Crippen LogP contribution is -2.21. The first-order chi connectivity index (χ1) is 15.6. The third-order valence-electron chi connectivity index (χ3n) is 5.68. The van der Waals surface area contributed by atoms with Crippen LogP contribution in [0.5, 0.6) is 5.75 Å². The number of benzene rings is 3. The van der Waals surface area contributed by atoms with E-state index in [9.17, 15) is 24.7 Å². The van der Waals surface area contributed by atoms with Crippen LogP contribution in [-0.2, 0) is 5.41 Å². The number of phenols is 1. The van der Waals surface area contributed by atoms with Crippen molar-refractivity contribution in [2.24, 2.45) is 0 Å². The molecule has 0 aliphatic heterocycles. The van der Waals surface area contributed by atoms with Gasteiger partial charge in [-0.3, -0.25) is 0 Å². The molecule has 0 bridgehead atoms. The van der Waals surface area contributed by atoms with Crippen LogP contribution >= 0.6 is 11.6 Å². The van der Waals surface area contributed by atoms with Crippen molar-refractivity contribution in [3.8, 4) is 28.6 Å². The number of carbonyl (C=O) groups is 1. The van der Waals surface area contributed by atoms with Gasteiger partial charge in [-0.15, -0.1) is 0 Å². The Balaban J connectivity index is 2.19. The summed E-state index contributed by atoms with van der Waals surface area (Å²) in [5, 5.41) is 30.6. The third-order valence-corrected chi connectivity index (χ3v) is 5.90. The summed E-state index contributed by atoms with van der Waals surface area (Å²) in [5.74, 6) is -1.49. The predicted octanol–water partition coefficient (Wildman–Crippen LogP) is 6.69. The molecule has 0 fully saturated rings. The zero-order valence-electron chi connectivity index (χ0n) is 17.9. The number of phenolic OH excluding ortho intramolecular Hbond substituents is 1. The number of hydrogen-bond donors (Lipinski definition) is 2. The fraction of sp³-hybridized carbons (Fsp3) is 0.154. The highest BCUT2D eigenvalue weighted by atomic mass is 35.5. The molecular weight excluding hydrogens is 443 g/mol. The largest absolute Gasteiger partial charge is 0.507 e. The summed E-state index contributed by atoms with van der Waals surface area (Å²) in [6, 6.07) is 17.6. The lowest BCUT2D eigenvalue weighted by Gasteiger charge is -2.26. The van der Waals surface area contributed by atoms with Gasteiger partial charge in [0.25, 0.3) is 0 Å². The van der Waals surface area contributed by atoms with Crippen molar-refractivity contribution in [1.29, 1.82) is 5.26 Å². The van der Waals surface area contributed by atoms with Crippen molar-refractivity contribution >= 4 is 28.5 Å². The molecule has 0 amide bonds. The van der Waals surface area contributed by atoms with E-state index in [2.05, 4.69) is 6.07 Å². The molecule has 0 saturated carbocycles. The Kier molecular flexibility index (Phi) is 5.61. The van der Waals surface area contributed by atoms with Crippen molar-refractivity contribution < 1.29 is 19.4 Å². The van der Waals surface area contributed by atoms with Crippen molar-refractivity contribution in [3.05, 3.63) is 82.8 Å². The zero-order valence-corrected chi connectivity index (χ0v) is 18.7. The summed E-state index contributed by atoms with van der Waals surface area (Å²) in [6.07, 6.45) is 0.166. The minimum atomic E-state index is -1.05. The average Bonchev–Trinajstić information content (AvgIpc) is 3.10. The lowest BCUT2D eigenvalue weighted by atomic mass is 9.81. The minimum absolute atomic E-state index is 0.0512. The van der Waals surface area contributed by atoms with Gasteiger partial charge in [0.15, 0.2) is 0 Å². The van der Waals surface area contributed by atoms with Gasteiger partial charge in [0, 0.05) is 33.8 Å². The second kappa shape index (κ2) is 8.27. The molecule has 0 aliphatic carbocycles. The number of aromatic hydroxyl groups is 1. The fourth-order valence-electron chi connectivity index (χ4n) is 4.20. The Hall–Kier alpha value is -3.82. The van der Waals surface area contributed by atoms with Crippen molar-refractivity contribution in [2.45, 2.75) is 25.7 Å². The highest BCUT2D eigenvalue weighted by Gasteiger charge is 2.33. The summed E-state index contributed by atoms with van der Waals surface area (Å²) in [6.45, 7) is 3.83. The van der Waals surface area contributed by atoms with Crippen LogP contribution in [0.2, 0.25) is 5.02 Å². The van der Waals surface area contributed by atoms with E-state index in [1.807, 2.05) is 18.4 Å². The Morgan fingerprint density at radius 3 is 2.33 bits per heavy atom. The summed E-state index contributed by atoms with van der Waals surface area (Å²) in [5.41, 5.74) is 2.70. The molecule has 0 saturated heterocycles. The number of fused-ring (bicyclic) bond motifs is 1. The number of aromatic carboxylic acids is 1. The topological polar surface area (TPSA) is 86.2 Å². The fourth-order valence-corrected chi connectivity index (χ4v) is 4.41. The van der Waals surface area contributed by atoms with E-state index >= 15 is 0 Å². The van der Waals surface area contributed by atoms with Gasteiger partial charge < -0.3 is 14.8 Å². The Labute approximate surface area is 194 Å². The molecule has 7 heteroatoms. The Bertz CT molecular complexity index is 1420. The number of nitriles is 1. The highest BCUT2D eigenvalue weighted by Crippen LogP contribution is 2.47. The van der Waals surface area contributed by atoms with Gasteiger partial charge in [-0.1, -0.05) is 37.6 Å². The summed E-state index contributed by atoms with van der Waals surface area (Å²) >= 11 is 6.30. The lowest BCUT2D eigenvalue weighted by molar-refractivity contribution is 0.0697. The van der Waals surface area contributed by atoms with E-state index in [1.54, 1.807) is 30.3 Å². The molecule has 2 N–H and O–H groups in total. The monoisotopic (exact) mass is 462 g/mol. The number of halogens is 2. The molecule has 4 rings (SSSR count). The number of carboxylic acid groups (broad SMARTS) is 1. The number of hydrogen-bond acceptors (Lipinski definition) is 3. The number of nitrogens with zero attached hydrogens (tertiary/aromatic N) is 2. The molecule has 4 aromatic rings. The van der Waals surface area contributed by atoms with Crippen LogP contribution in [0.4, 0.5) is 4.39 Å². The maximum atomic E-state index is 13.7. The predicted molar refractivity (Wildman–Crippen MR) is 126 cm³/mol. The first-order valence-corrected chi connectivity index (χ1v) is 10.6. The van der Waals surface area contributed by atoms with E-state index in [4.69, 9.17) is 11.6 Å². The second-order valence-electron chi connectivity index (χ2n) is 8.46. The summed E-state index contributed by atoms with van der Waals surface area (Å²) in [4.78, 5) is 11.4. The van der Waals surface area contributed by atoms with Crippen LogP contribution in [-0.4, -0.2) is 20.7 Å². The molecule has 0 radical (unpaired) electrons. The quantitative estimate of drug-likeness (QED) is 0.346. The van der Waals surface area contributed by atoms with Gasteiger partial charge in [0.1, 0.15) is 11.6 Å². The first-order valence-electron chi connectivity index (χ1n) is 10.2. The molecule has 0 aliphatic rings. The number of carboxylic acids is 1. The molecule has 0 spiro atoms. The summed E-state index contributed by atoms with van der Waals surface area (Å²) in [7, 11) is 0. The second-order valence-corrected chi connectivity index (χ2v) is 8.89. The number of rotatable bonds is 5. The van der Waals surface area contributed by atoms with Crippen LogP contribution in [0.3, 0.4) is 0 Å². The maximum absolute atomic E-state index is 13.7. The zero-order chi connectivity index (χ0) is 23.9. The van der Waals surface area contributed by atoms with Gasteiger partial charge in [-0.05, 0) is 54.1 Å². The third kappa shape index (κ3) is 3.92. The van der Waals surface area contributed by atoms with E-state index in [-0.39, 0.29) is 17.7 Å². The SMILES string of the molecule is CC(C)(CC#N)c1c(-c2ccc(C(=O)O)cc2)c2c(O)cc(Cl)cc2n1-c1ccc(F)cc1. The molecule has 1 aromatic heterocycles. The molecular formula is C26H20ClFN2O3. The molecule has 3 aromatic carbocycles. The van der Waals surface area contributed by atoms with Crippen LogP contribution in [0.15, 0.2) is 60.7 Å². The van der Waals surface area contributed by atoms with Gasteiger partial charge in [-0.25, -0.2) is 9.18 Å². The van der Waals surface area contributed by atoms with E-state index in [1.165, 1.54) is 30.3 Å². The Morgan fingerprint density at radius 2 is 1.76 bits per heavy atom. The Morgan fingerprint density at radius 1 is 1.12 bits per heavy atom. The molecule has 5 nitrogen and oxygen atoms in total. The standard InChI is InChI=1S/C26H20ClFN2O3/c1-26(2,11-12-29)24-22(15-3-5-16(6-4-15)25(32)33)23-20(13-17(27)14-21(23)31)30(24)19-9-7-18(28)8-10-19/h3-10,13-14,31H,11H2,1-2H3,(H,32,33). The smallest absolute Gasteiger partial charge is 0.335 e. The van der Waals surface area contributed by atoms with Crippen LogP contribution in [0.25, 0.3) is 27.7 Å². The molecule has 1 heterocycles. The van der Waals surface area contributed by atoms with E-state index in [0.717, 1.165) is 0 Å². The first kappa shape index (κ1) is 22.4. The van der Waals surface area contributed by atoms with Crippen molar-refractivity contribution in [1.82, 2.24) is 4.57 Å². The van der Waals surface area contributed by atoms with Crippen LogP contribution in [0.1, 0.15) is 36.3 Å². The molecule has 0 atom stereocenters. The summed E-state index contributed by atoms with van der Waals surface area (Å²) < 4.78 is 15.6. The molecule has 166 valence electrons. The number of aromatic nitrogens is 1. The normalized spacial score (nSPS) is 11.5. The molecule has 0 unspecified atom stereocenters. The van der Waals surface area contributed by atoms with E-state index < -0.39 is 17.2 Å². The highest BCUT2D eigenvalue weighted by molar-refractivity contribution is 6.31. The van der Waals surface area contributed by atoms with Gasteiger partial charge in [0.05, 0.1) is 22.5 Å². The minimum Gasteiger partial charge on any atom is -0.507 e. The van der Waals surface area contributed by atoms with Gasteiger partial charge in [-0.2, -0.15) is 5.26 Å². The van der Waals surface area contributed by atoms with Gasteiger partial charge in [0.2, 0.25) is 0 Å². The van der Waals surface area contributed by atoms with E-state index in [0.29, 0.717) is 38.4 Å². The van der Waals surface area contributed by atoms with Crippen molar-refractivity contribution in [2.75, 3.05) is 0 Å². The average molecular weight is 463 g/mol. The van der Waals surface area contributed by atoms with Crippen LogP contribution < -0.4 is 0 Å².